The van der Waals surface area contributed by atoms with Crippen LogP contribution >= 0.6 is 0 Å². The Labute approximate surface area is 284 Å². The number of sulfonamides is 1. The van der Waals surface area contributed by atoms with Gasteiger partial charge in [-0.15, -0.1) is 0 Å². The SMILES string of the molecule is CCOc1ncccc1C1(C(=O)NN2CCN(C3CCN(C)CC3)CC2)C(=O)N(S(=O)(=O)c2ccc(OC)cc2)c2cc(F)c(C#N)cc21. The summed E-state index contributed by atoms with van der Waals surface area (Å²) in [5.41, 5.74) is -0.649. The van der Waals surface area contributed by atoms with E-state index in [1.54, 1.807) is 18.0 Å². The number of hydrogen-bond donors (Lipinski definition) is 1. The number of ether oxygens (including phenoxy) is 2. The molecule has 4 heterocycles. The van der Waals surface area contributed by atoms with E-state index in [4.69, 9.17) is 9.47 Å². The molecular weight excluding hydrogens is 653 g/mol. The van der Waals surface area contributed by atoms with Crippen molar-refractivity contribution >= 4 is 27.5 Å². The number of anilines is 1. The molecule has 2 amide bonds. The number of pyridine rings is 1. The highest BCUT2D eigenvalue weighted by Gasteiger charge is 2.63. The van der Waals surface area contributed by atoms with E-state index < -0.39 is 44.3 Å². The number of fused-ring (bicyclic) bond motifs is 1. The van der Waals surface area contributed by atoms with E-state index in [0.29, 0.717) is 42.3 Å². The van der Waals surface area contributed by atoms with Gasteiger partial charge in [0.2, 0.25) is 5.88 Å². The Kier molecular flexibility index (Phi) is 9.58. The first-order chi connectivity index (χ1) is 23.6. The molecule has 0 aliphatic carbocycles. The zero-order valence-corrected chi connectivity index (χ0v) is 28.4. The number of methoxy groups -OCH3 is 1. The fourth-order valence-corrected chi connectivity index (χ4v) is 8.36. The third kappa shape index (κ3) is 5.99. The van der Waals surface area contributed by atoms with Gasteiger partial charge in [0.1, 0.15) is 17.6 Å². The summed E-state index contributed by atoms with van der Waals surface area (Å²) < 4.78 is 55.3. The first kappa shape index (κ1) is 34.3. The van der Waals surface area contributed by atoms with Crippen molar-refractivity contribution in [3.63, 3.8) is 0 Å². The molecule has 0 bridgehead atoms. The van der Waals surface area contributed by atoms with Crippen molar-refractivity contribution in [2.24, 2.45) is 0 Å². The highest BCUT2D eigenvalue weighted by atomic mass is 32.2. The highest BCUT2D eigenvalue weighted by Crippen LogP contribution is 2.51. The number of carbonyl (C=O) groups is 2. The predicted molar refractivity (Wildman–Crippen MR) is 177 cm³/mol. The van der Waals surface area contributed by atoms with Gasteiger partial charge in [0.05, 0.1) is 29.9 Å². The summed E-state index contributed by atoms with van der Waals surface area (Å²) in [6.45, 7) is 6.07. The number of nitrogens with zero attached hydrogens (tertiary/aromatic N) is 6. The average Bonchev–Trinajstić information content (AvgIpc) is 3.36. The van der Waals surface area contributed by atoms with Gasteiger partial charge in [-0.3, -0.25) is 19.9 Å². The van der Waals surface area contributed by atoms with E-state index in [0.717, 1.165) is 38.1 Å². The summed E-state index contributed by atoms with van der Waals surface area (Å²) in [4.78, 5) is 38.6. The van der Waals surface area contributed by atoms with Gasteiger partial charge < -0.3 is 14.4 Å². The lowest BCUT2D eigenvalue weighted by atomic mass is 9.74. The number of piperidine rings is 1. The second-order valence-corrected chi connectivity index (χ2v) is 14.0. The average molecular weight is 692 g/mol. The largest absolute Gasteiger partial charge is 0.497 e. The quantitative estimate of drug-likeness (QED) is 0.330. The second-order valence-electron chi connectivity index (χ2n) is 12.2. The molecule has 0 spiro atoms. The monoisotopic (exact) mass is 691 g/mol. The van der Waals surface area contributed by atoms with E-state index in [2.05, 4.69) is 27.3 Å². The number of hydrogen-bond acceptors (Lipinski definition) is 11. The van der Waals surface area contributed by atoms with Crippen LogP contribution in [0.5, 0.6) is 11.6 Å². The molecule has 2 saturated heterocycles. The number of piperazine rings is 1. The molecule has 1 unspecified atom stereocenters. The van der Waals surface area contributed by atoms with Crippen molar-refractivity contribution in [3.05, 3.63) is 77.2 Å². The number of aromatic nitrogens is 1. The van der Waals surface area contributed by atoms with Crippen LogP contribution in [-0.4, -0.2) is 106 Å². The summed E-state index contributed by atoms with van der Waals surface area (Å²) in [6.07, 6.45) is 3.52. The van der Waals surface area contributed by atoms with Crippen LogP contribution in [-0.2, 0) is 25.0 Å². The Morgan fingerprint density at radius 3 is 2.41 bits per heavy atom. The molecule has 49 heavy (non-hydrogen) atoms. The zero-order chi connectivity index (χ0) is 34.9. The molecule has 3 aromatic rings. The molecule has 2 fully saturated rings. The van der Waals surface area contributed by atoms with Crippen LogP contribution < -0.4 is 19.2 Å². The molecule has 0 radical (unpaired) electrons. The molecule has 2 aromatic carbocycles. The molecule has 3 aliphatic rings. The molecule has 3 aliphatic heterocycles. The molecule has 13 nitrogen and oxygen atoms in total. The summed E-state index contributed by atoms with van der Waals surface area (Å²) >= 11 is 0. The number of amides is 2. The fourth-order valence-electron chi connectivity index (χ4n) is 6.90. The maximum atomic E-state index is 15.3. The van der Waals surface area contributed by atoms with Crippen molar-refractivity contribution in [1.82, 2.24) is 25.2 Å². The van der Waals surface area contributed by atoms with Gasteiger partial charge in [-0.25, -0.2) is 27.1 Å². The zero-order valence-electron chi connectivity index (χ0n) is 27.6. The summed E-state index contributed by atoms with van der Waals surface area (Å²) in [5, 5.41) is 11.5. The topological polar surface area (TPSA) is 148 Å². The summed E-state index contributed by atoms with van der Waals surface area (Å²) in [5.74, 6) is -2.84. The van der Waals surface area contributed by atoms with Gasteiger partial charge in [0.25, 0.3) is 21.8 Å². The smallest absolute Gasteiger partial charge is 0.270 e. The molecule has 1 N–H and O–H groups in total. The standard InChI is InChI=1S/C34H38FN7O6S/c1-4-48-31-27(6-5-13-37-31)34(32(43)38-41-18-16-40(17-19-41)24-11-14-39(2)15-12-24)28-20-23(22-36)29(35)21-30(28)42(33(34)44)49(45,46)26-9-7-25(47-3)8-10-26/h5-10,13,20-21,24H,4,11-12,14-19H2,1-3H3,(H,38,43). The minimum Gasteiger partial charge on any atom is -0.497 e. The van der Waals surface area contributed by atoms with Gasteiger partial charge in [-0.1, -0.05) is 6.07 Å². The van der Waals surface area contributed by atoms with Crippen molar-refractivity contribution in [1.29, 1.82) is 5.26 Å². The minimum atomic E-state index is -4.74. The fraction of sp³-hybridized carbons (Fsp3) is 0.412. The molecule has 1 aromatic heterocycles. The first-order valence-corrected chi connectivity index (χ1v) is 17.5. The predicted octanol–water partition coefficient (Wildman–Crippen LogP) is 2.26. The number of halogens is 1. The molecule has 6 rings (SSSR count). The molecule has 15 heteroatoms. The lowest BCUT2D eigenvalue weighted by molar-refractivity contribution is -0.137. The Bertz CT molecular complexity index is 1890. The number of hydrazine groups is 1. The van der Waals surface area contributed by atoms with Crippen molar-refractivity contribution in [2.45, 2.75) is 36.1 Å². The summed E-state index contributed by atoms with van der Waals surface area (Å²) in [7, 11) is -1.21. The number of rotatable bonds is 9. The molecule has 1 atom stereocenters. The van der Waals surface area contributed by atoms with E-state index in [9.17, 15) is 18.5 Å². The molecular formula is C34H38FN7O6S. The number of carbonyl (C=O) groups excluding carboxylic acids is 2. The van der Waals surface area contributed by atoms with Crippen LogP contribution in [0, 0.1) is 17.1 Å². The van der Waals surface area contributed by atoms with Crippen molar-refractivity contribution in [2.75, 3.05) is 64.3 Å². The van der Waals surface area contributed by atoms with Gasteiger partial charge >= 0.3 is 0 Å². The van der Waals surface area contributed by atoms with E-state index >= 15 is 9.18 Å². The minimum absolute atomic E-state index is 0.0477. The number of nitrogens with one attached hydrogen (secondary N) is 1. The van der Waals surface area contributed by atoms with Crippen molar-refractivity contribution in [3.8, 4) is 17.7 Å². The van der Waals surface area contributed by atoms with Crippen LogP contribution in [0.25, 0.3) is 0 Å². The van der Waals surface area contributed by atoms with Gasteiger partial charge in [0, 0.05) is 55.6 Å². The second kappa shape index (κ2) is 13.7. The van der Waals surface area contributed by atoms with E-state index in [1.165, 1.54) is 49.7 Å². The Morgan fingerprint density at radius 2 is 1.78 bits per heavy atom. The van der Waals surface area contributed by atoms with Crippen LogP contribution in [0.1, 0.15) is 36.5 Å². The molecule has 258 valence electrons. The maximum absolute atomic E-state index is 15.3. The van der Waals surface area contributed by atoms with E-state index in [1.807, 2.05) is 0 Å². The Hall–Kier alpha value is -4.62. The first-order valence-electron chi connectivity index (χ1n) is 16.1. The normalized spacial score (nSPS) is 20.9. The third-order valence-corrected chi connectivity index (χ3v) is 11.2. The lowest BCUT2D eigenvalue weighted by Gasteiger charge is -2.42. The van der Waals surface area contributed by atoms with Crippen molar-refractivity contribution < 1.29 is 31.9 Å². The number of nitriles is 1. The third-order valence-electron chi connectivity index (χ3n) is 9.51. The van der Waals surface area contributed by atoms with Crippen LogP contribution in [0.15, 0.2) is 59.6 Å². The lowest BCUT2D eigenvalue weighted by Crippen LogP contribution is -2.61. The Morgan fingerprint density at radius 1 is 1.08 bits per heavy atom. The van der Waals surface area contributed by atoms with Gasteiger partial charge in [-0.05, 0) is 76.3 Å². The van der Waals surface area contributed by atoms with E-state index in [-0.39, 0.29) is 28.5 Å². The highest BCUT2D eigenvalue weighted by molar-refractivity contribution is 7.93. The summed E-state index contributed by atoms with van der Waals surface area (Å²) in [6, 6.07) is 12.3. The van der Waals surface area contributed by atoms with Gasteiger partial charge in [-0.2, -0.15) is 5.26 Å². The number of benzene rings is 2. The number of likely N-dealkylation sites (tertiary alicyclic amines) is 1. The van der Waals surface area contributed by atoms with Crippen LogP contribution in [0.4, 0.5) is 10.1 Å². The Balaban J connectivity index is 1.46. The maximum Gasteiger partial charge on any atom is 0.270 e. The van der Waals surface area contributed by atoms with Crippen LogP contribution in [0.3, 0.4) is 0 Å². The van der Waals surface area contributed by atoms with Crippen LogP contribution in [0.2, 0.25) is 0 Å². The molecule has 0 saturated carbocycles. The van der Waals surface area contributed by atoms with Gasteiger partial charge in [0.15, 0.2) is 5.41 Å².